The third-order valence-corrected chi connectivity index (χ3v) is 6.40. The summed E-state index contributed by atoms with van der Waals surface area (Å²) in [7, 11) is 0. The summed E-state index contributed by atoms with van der Waals surface area (Å²) in [4.78, 5) is 4.78. The topological polar surface area (TPSA) is 24.9 Å². The molecule has 0 amide bonds. The van der Waals surface area contributed by atoms with Gasteiger partial charge in [-0.3, -0.25) is 4.98 Å². The standard InChI is InChI=1S/C18H28N2S/c1-2-11-19-18(16-10-3-4-13-21-16)15-9-5-7-14-8-6-12-20-17(14)15/h6,8,12,15-16,18-19H,2-5,7,9-11,13H2,1H3. The van der Waals surface area contributed by atoms with Crippen molar-refractivity contribution in [3.63, 3.8) is 0 Å². The van der Waals surface area contributed by atoms with Crippen LogP contribution in [0.15, 0.2) is 18.3 Å². The highest BCUT2D eigenvalue weighted by Crippen LogP contribution is 2.39. The number of aromatic nitrogens is 1. The Morgan fingerprint density at radius 1 is 1.33 bits per heavy atom. The minimum atomic E-state index is 0.615. The van der Waals surface area contributed by atoms with Gasteiger partial charge in [0.05, 0.1) is 0 Å². The quantitative estimate of drug-likeness (QED) is 0.884. The molecule has 1 aromatic heterocycles. The summed E-state index contributed by atoms with van der Waals surface area (Å²) >= 11 is 2.20. The van der Waals surface area contributed by atoms with E-state index in [1.165, 1.54) is 62.0 Å². The van der Waals surface area contributed by atoms with Crippen molar-refractivity contribution in [3.05, 3.63) is 29.6 Å². The van der Waals surface area contributed by atoms with Crippen molar-refractivity contribution < 1.29 is 0 Å². The molecular formula is C18H28N2S. The first kappa shape index (κ1) is 15.4. The van der Waals surface area contributed by atoms with E-state index in [-0.39, 0.29) is 0 Å². The first-order valence-corrected chi connectivity index (χ1v) is 9.74. The van der Waals surface area contributed by atoms with E-state index in [2.05, 4.69) is 36.1 Å². The van der Waals surface area contributed by atoms with Crippen molar-refractivity contribution in [1.29, 1.82) is 0 Å². The van der Waals surface area contributed by atoms with Crippen LogP contribution in [0.1, 0.15) is 62.6 Å². The molecule has 2 heterocycles. The summed E-state index contributed by atoms with van der Waals surface area (Å²) in [5.74, 6) is 1.97. The number of nitrogens with zero attached hydrogens (tertiary/aromatic N) is 1. The van der Waals surface area contributed by atoms with Crippen molar-refractivity contribution in [3.8, 4) is 0 Å². The molecule has 1 N–H and O–H groups in total. The lowest BCUT2D eigenvalue weighted by Gasteiger charge is -2.38. The van der Waals surface area contributed by atoms with Gasteiger partial charge in [-0.15, -0.1) is 0 Å². The number of fused-ring (bicyclic) bond motifs is 1. The molecule has 3 heteroatoms. The van der Waals surface area contributed by atoms with Gasteiger partial charge in [-0.25, -0.2) is 0 Å². The van der Waals surface area contributed by atoms with Gasteiger partial charge in [-0.05, 0) is 62.5 Å². The zero-order valence-electron chi connectivity index (χ0n) is 13.2. The highest BCUT2D eigenvalue weighted by molar-refractivity contribution is 8.00. The Morgan fingerprint density at radius 3 is 3.10 bits per heavy atom. The van der Waals surface area contributed by atoms with E-state index >= 15 is 0 Å². The zero-order valence-corrected chi connectivity index (χ0v) is 14.0. The fraction of sp³-hybridized carbons (Fsp3) is 0.722. The van der Waals surface area contributed by atoms with Crippen LogP contribution in [0.4, 0.5) is 0 Å². The second-order valence-electron chi connectivity index (χ2n) is 6.43. The summed E-state index contributed by atoms with van der Waals surface area (Å²) < 4.78 is 0. The predicted octanol–water partition coefficient (Wildman–Crippen LogP) is 4.16. The number of rotatable bonds is 5. The van der Waals surface area contributed by atoms with Gasteiger partial charge in [0.2, 0.25) is 0 Å². The molecule has 3 atom stereocenters. The number of aryl methyl sites for hydroxylation is 1. The number of nitrogens with one attached hydrogen (secondary N) is 1. The first-order valence-electron chi connectivity index (χ1n) is 8.69. The molecule has 0 radical (unpaired) electrons. The van der Waals surface area contributed by atoms with Crippen LogP contribution in [-0.2, 0) is 6.42 Å². The molecule has 0 aromatic carbocycles. The van der Waals surface area contributed by atoms with Gasteiger partial charge in [-0.2, -0.15) is 11.8 Å². The number of hydrogen-bond donors (Lipinski definition) is 1. The van der Waals surface area contributed by atoms with Crippen molar-refractivity contribution in [2.75, 3.05) is 12.3 Å². The lowest BCUT2D eigenvalue weighted by molar-refractivity contribution is 0.362. The molecule has 0 spiro atoms. The normalized spacial score (nSPS) is 27.1. The Balaban J connectivity index is 1.82. The van der Waals surface area contributed by atoms with Gasteiger partial charge in [0, 0.05) is 29.1 Å². The molecule has 116 valence electrons. The summed E-state index contributed by atoms with van der Waals surface area (Å²) in [6.07, 6.45) is 11.2. The SMILES string of the molecule is CCCNC(C1CCCCS1)C1CCCc2cccnc21. The Kier molecular flexibility index (Phi) is 5.59. The maximum atomic E-state index is 4.78. The minimum absolute atomic E-state index is 0.615. The lowest BCUT2D eigenvalue weighted by Crippen LogP contribution is -2.45. The average molecular weight is 305 g/mol. The van der Waals surface area contributed by atoms with Crippen molar-refractivity contribution in [2.24, 2.45) is 0 Å². The van der Waals surface area contributed by atoms with Crippen LogP contribution in [0, 0.1) is 0 Å². The smallest absolute Gasteiger partial charge is 0.0482 e. The van der Waals surface area contributed by atoms with Crippen LogP contribution >= 0.6 is 11.8 Å². The fourth-order valence-electron chi connectivity index (χ4n) is 3.89. The van der Waals surface area contributed by atoms with Gasteiger partial charge >= 0.3 is 0 Å². The van der Waals surface area contributed by atoms with Gasteiger partial charge in [0.1, 0.15) is 0 Å². The monoisotopic (exact) mass is 304 g/mol. The number of pyridine rings is 1. The maximum absolute atomic E-state index is 4.78. The van der Waals surface area contributed by atoms with Crippen LogP contribution in [0.5, 0.6) is 0 Å². The first-order chi connectivity index (χ1) is 10.4. The van der Waals surface area contributed by atoms with Crippen molar-refractivity contribution in [1.82, 2.24) is 10.3 Å². The molecule has 1 aromatic rings. The molecule has 2 nitrogen and oxygen atoms in total. The molecule has 21 heavy (non-hydrogen) atoms. The second kappa shape index (κ2) is 7.64. The van der Waals surface area contributed by atoms with Crippen LogP contribution in [-0.4, -0.2) is 28.6 Å². The van der Waals surface area contributed by atoms with Crippen LogP contribution in [0.2, 0.25) is 0 Å². The summed E-state index contributed by atoms with van der Waals surface area (Å²) in [5.41, 5.74) is 2.89. The molecule has 1 aliphatic heterocycles. The molecule has 0 bridgehead atoms. The van der Waals surface area contributed by atoms with E-state index in [4.69, 9.17) is 4.98 Å². The minimum Gasteiger partial charge on any atom is -0.312 e. The summed E-state index contributed by atoms with van der Waals surface area (Å²) in [6.45, 7) is 3.41. The maximum Gasteiger partial charge on any atom is 0.0482 e. The molecule has 0 saturated carbocycles. The van der Waals surface area contributed by atoms with Crippen LogP contribution in [0.3, 0.4) is 0 Å². The van der Waals surface area contributed by atoms with Gasteiger partial charge in [-0.1, -0.05) is 19.4 Å². The Labute approximate surface area is 133 Å². The third-order valence-electron chi connectivity index (χ3n) is 4.92. The highest BCUT2D eigenvalue weighted by Gasteiger charge is 2.34. The number of thioether (sulfide) groups is 1. The molecule has 1 saturated heterocycles. The average Bonchev–Trinajstić information content (AvgIpc) is 2.56. The largest absolute Gasteiger partial charge is 0.312 e. The van der Waals surface area contributed by atoms with E-state index in [1.807, 2.05) is 6.20 Å². The third kappa shape index (κ3) is 3.62. The number of hydrogen-bond acceptors (Lipinski definition) is 3. The van der Waals surface area contributed by atoms with Crippen LogP contribution in [0.25, 0.3) is 0 Å². The van der Waals surface area contributed by atoms with Crippen molar-refractivity contribution in [2.45, 2.75) is 69.1 Å². The van der Waals surface area contributed by atoms with E-state index in [0.29, 0.717) is 12.0 Å². The van der Waals surface area contributed by atoms with Crippen molar-refractivity contribution >= 4 is 11.8 Å². The van der Waals surface area contributed by atoms with E-state index in [0.717, 1.165) is 11.8 Å². The Bertz CT molecular complexity index is 443. The molecule has 3 unspecified atom stereocenters. The van der Waals surface area contributed by atoms with Gasteiger partial charge in [0.15, 0.2) is 0 Å². The fourth-order valence-corrected chi connectivity index (χ4v) is 5.39. The highest BCUT2D eigenvalue weighted by atomic mass is 32.2. The zero-order chi connectivity index (χ0) is 14.5. The summed E-state index contributed by atoms with van der Waals surface area (Å²) in [6, 6.07) is 5.01. The van der Waals surface area contributed by atoms with E-state index in [1.54, 1.807) is 0 Å². The van der Waals surface area contributed by atoms with E-state index < -0.39 is 0 Å². The molecule has 1 fully saturated rings. The molecular weight excluding hydrogens is 276 g/mol. The van der Waals surface area contributed by atoms with Crippen LogP contribution < -0.4 is 5.32 Å². The summed E-state index contributed by atoms with van der Waals surface area (Å²) in [5, 5.41) is 4.67. The molecule has 2 aliphatic rings. The molecule has 3 rings (SSSR count). The predicted molar refractivity (Wildman–Crippen MR) is 92.1 cm³/mol. The second-order valence-corrected chi connectivity index (χ2v) is 7.78. The van der Waals surface area contributed by atoms with E-state index in [9.17, 15) is 0 Å². The van der Waals surface area contributed by atoms with Gasteiger partial charge < -0.3 is 5.32 Å². The Morgan fingerprint density at radius 2 is 2.29 bits per heavy atom. The van der Waals surface area contributed by atoms with Gasteiger partial charge in [0.25, 0.3) is 0 Å². The Hall–Kier alpha value is -0.540. The molecule has 1 aliphatic carbocycles. The lowest BCUT2D eigenvalue weighted by atomic mass is 9.80.